The Morgan fingerprint density at radius 1 is 1.33 bits per heavy atom. The molecule has 4 nitrogen and oxygen atoms in total. The Morgan fingerprint density at radius 2 is 2.10 bits per heavy atom. The molecule has 0 spiro atoms. The van der Waals surface area contributed by atoms with Crippen LogP contribution in [-0.2, 0) is 13.6 Å². The minimum Gasteiger partial charge on any atom is -0.393 e. The van der Waals surface area contributed by atoms with Crippen LogP contribution in [0.1, 0.15) is 30.3 Å². The Bertz CT molecular complexity index is 599. The van der Waals surface area contributed by atoms with Crippen LogP contribution in [0.2, 0.25) is 5.15 Å². The smallest absolute Gasteiger partial charge is 0.128 e. The van der Waals surface area contributed by atoms with Crippen molar-refractivity contribution in [3.05, 3.63) is 53.1 Å². The number of halogens is 1. The molecule has 0 aliphatic carbocycles. The second-order valence-electron chi connectivity index (χ2n) is 5.63. The number of aliphatic hydroxyl groups excluding tert-OH is 1. The van der Waals surface area contributed by atoms with E-state index in [1.54, 1.807) is 6.20 Å². The van der Waals surface area contributed by atoms with Crippen LogP contribution in [0.25, 0.3) is 0 Å². The van der Waals surface area contributed by atoms with E-state index in [4.69, 9.17) is 11.6 Å². The summed E-state index contributed by atoms with van der Waals surface area (Å²) < 4.78 is 1.91. The van der Waals surface area contributed by atoms with E-state index in [0.717, 1.165) is 31.8 Å². The number of rotatable bonds is 3. The van der Waals surface area contributed by atoms with Crippen LogP contribution in [0, 0.1) is 0 Å². The number of nitrogens with zero attached hydrogens (tertiary/aromatic N) is 3. The number of aromatic nitrogens is 2. The Kier molecular flexibility index (Phi) is 4.29. The van der Waals surface area contributed by atoms with Crippen molar-refractivity contribution in [2.75, 3.05) is 6.54 Å². The van der Waals surface area contributed by atoms with Gasteiger partial charge in [0.25, 0.3) is 0 Å². The van der Waals surface area contributed by atoms with Crippen molar-refractivity contribution in [2.45, 2.75) is 31.5 Å². The van der Waals surface area contributed by atoms with Crippen LogP contribution in [-0.4, -0.2) is 32.2 Å². The molecule has 5 heteroatoms. The van der Waals surface area contributed by atoms with Gasteiger partial charge in [0.15, 0.2) is 0 Å². The Balaban J connectivity index is 1.83. The predicted octanol–water partition coefficient (Wildman–Crippen LogP) is 2.77. The molecule has 2 aromatic rings. The molecule has 0 amide bonds. The zero-order valence-electron chi connectivity index (χ0n) is 12.1. The highest BCUT2D eigenvalue weighted by molar-refractivity contribution is 6.29. The maximum Gasteiger partial charge on any atom is 0.128 e. The first-order valence-electron chi connectivity index (χ1n) is 7.28. The van der Waals surface area contributed by atoms with Gasteiger partial charge in [-0.3, -0.25) is 4.90 Å². The number of benzene rings is 1. The molecule has 3 rings (SSSR count). The Labute approximate surface area is 130 Å². The molecule has 1 aromatic heterocycles. The van der Waals surface area contributed by atoms with E-state index >= 15 is 0 Å². The van der Waals surface area contributed by atoms with Gasteiger partial charge in [0, 0.05) is 19.6 Å². The van der Waals surface area contributed by atoms with Crippen LogP contribution in [0.5, 0.6) is 0 Å². The SMILES string of the molecule is Cn1c(Cl)cnc1CN1CCC(O)CC1c1ccccc1. The topological polar surface area (TPSA) is 41.3 Å². The molecule has 1 N–H and O–H groups in total. The number of likely N-dealkylation sites (tertiary alicyclic amines) is 1. The van der Waals surface area contributed by atoms with Crippen molar-refractivity contribution in [1.82, 2.24) is 14.5 Å². The molecule has 0 bridgehead atoms. The molecule has 2 heterocycles. The average Bonchev–Trinajstić information content (AvgIpc) is 2.82. The predicted molar refractivity (Wildman–Crippen MR) is 83.1 cm³/mol. The van der Waals surface area contributed by atoms with E-state index in [1.165, 1.54) is 5.56 Å². The monoisotopic (exact) mass is 305 g/mol. The van der Waals surface area contributed by atoms with E-state index in [1.807, 2.05) is 29.8 Å². The van der Waals surface area contributed by atoms with E-state index < -0.39 is 0 Å². The van der Waals surface area contributed by atoms with Gasteiger partial charge in [0.05, 0.1) is 18.8 Å². The molecule has 2 unspecified atom stereocenters. The van der Waals surface area contributed by atoms with Crippen LogP contribution in [0.15, 0.2) is 36.5 Å². The quantitative estimate of drug-likeness (QED) is 0.948. The van der Waals surface area contributed by atoms with E-state index in [2.05, 4.69) is 22.0 Å². The average molecular weight is 306 g/mol. The number of hydrogen-bond donors (Lipinski definition) is 1. The standard InChI is InChI=1S/C16H20ClN3O/c1-19-15(17)10-18-16(19)11-20-8-7-13(21)9-14(20)12-5-3-2-4-6-12/h2-6,10,13-14,21H,7-9,11H2,1H3. The van der Waals surface area contributed by atoms with Crippen molar-refractivity contribution in [3.63, 3.8) is 0 Å². The molecule has 2 atom stereocenters. The Hall–Kier alpha value is -1.36. The first kappa shape index (κ1) is 14.6. The highest BCUT2D eigenvalue weighted by Gasteiger charge is 2.29. The van der Waals surface area contributed by atoms with Crippen molar-refractivity contribution < 1.29 is 5.11 Å². The zero-order valence-corrected chi connectivity index (χ0v) is 12.9. The lowest BCUT2D eigenvalue weighted by Crippen LogP contribution is -2.38. The summed E-state index contributed by atoms with van der Waals surface area (Å²) in [5.74, 6) is 0.956. The molecule has 1 aliphatic heterocycles. The normalized spacial score (nSPS) is 23.4. The fourth-order valence-corrected chi connectivity index (χ4v) is 3.11. The molecule has 1 fully saturated rings. The van der Waals surface area contributed by atoms with E-state index in [0.29, 0.717) is 5.15 Å². The van der Waals surface area contributed by atoms with Crippen LogP contribution in [0.4, 0.5) is 0 Å². The summed E-state index contributed by atoms with van der Waals surface area (Å²) in [7, 11) is 1.93. The van der Waals surface area contributed by atoms with Gasteiger partial charge in [-0.1, -0.05) is 41.9 Å². The van der Waals surface area contributed by atoms with Gasteiger partial charge >= 0.3 is 0 Å². The van der Waals surface area contributed by atoms with Crippen LogP contribution in [0.3, 0.4) is 0 Å². The first-order chi connectivity index (χ1) is 10.1. The second kappa shape index (κ2) is 6.18. The van der Waals surface area contributed by atoms with E-state index in [-0.39, 0.29) is 12.1 Å². The fraction of sp³-hybridized carbons (Fsp3) is 0.438. The number of piperidine rings is 1. The number of hydrogen-bond acceptors (Lipinski definition) is 3. The maximum atomic E-state index is 10.0. The lowest BCUT2D eigenvalue weighted by Gasteiger charge is -2.38. The maximum absolute atomic E-state index is 10.0. The zero-order chi connectivity index (χ0) is 14.8. The lowest BCUT2D eigenvalue weighted by molar-refractivity contribution is 0.0346. The summed E-state index contributed by atoms with van der Waals surface area (Å²) in [6.07, 6.45) is 3.04. The van der Waals surface area contributed by atoms with Crippen molar-refractivity contribution >= 4 is 11.6 Å². The third kappa shape index (κ3) is 3.12. The summed E-state index contributed by atoms with van der Waals surface area (Å²) in [6.45, 7) is 1.61. The minimum absolute atomic E-state index is 0.226. The lowest BCUT2D eigenvalue weighted by atomic mass is 9.93. The van der Waals surface area contributed by atoms with Crippen molar-refractivity contribution in [3.8, 4) is 0 Å². The summed E-state index contributed by atoms with van der Waals surface area (Å²) in [5.41, 5.74) is 1.25. The summed E-state index contributed by atoms with van der Waals surface area (Å²) in [4.78, 5) is 6.76. The van der Waals surface area contributed by atoms with Crippen molar-refractivity contribution in [1.29, 1.82) is 0 Å². The van der Waals surface area contributed by atoms with Crippen LogP contribution >= 0.6 is 11.6 Å². The summed E-state index contributed by atoms with van der Waals surface area (Å²) in [5, 5.41) is 10.7. The molecule has 0 radical (unpaired) electrons. The number of imidazole rings is 1. The summed E-state index contributed by atoms with van der Waals surface area (Å²) >= 11 is 6.07. The molecule has 112 valence electrons. The molecule has 1 aliphatic rings. The third-order valence-electron chi connectivity index (χ3n) is 4.24. The van der Waals surface area contributed by atoms with Gasteiger partial charge in [0.2, 0.25) is 0 Å². The highest BCUT2D eigenvalue weighted by atomic mass is 35.5. The first-order valence-corrected chi connectivity index (χ1v) is 7.66. The van der Waals surface area contributed by atoms with Crippen LogP contribution < -0.4 is 0 Å². The third-order valence-corrected chi connectivity index (χ3v) is 4.59. The molecular weight excluding hydrogens is 286 g/mol. The van der Waals surface area contributed by atoms with Gasteiger partial charge in [-0.2, -0.15) is 0 Å². The Morgan fingerprint density at radius 3 is 2.76 bits per heavy atom. The van der Waals surface area contributed by atoms with Gasteiger partial charge in [0.1, 0.15) is 11.0 Å². The minimum atomic E-state index is -0.226. The molecular formula is C16H20ClN3O. The van der Waals surface area contributed by atoms with Gasteiger partial charge in [-0.15, -0.1) is 0 Å². The molecule has 1 aromatic carbocycles. The summed E-state index contributed by atoms with van der Waals surface area (Å²) in [6, 6.07) is 10.6. The van der Waals surface area contributed by atoms with E-state index in [9.17, 15) is 5.11 Å². The number of aliphatic hydroxyl groups is 1. The molecule has 1 saturated heterocycles. The van der Waals surface area contributed by atoms with Gasteiger partial charge in [-0.25, -0.2) is 4.98 Å². The second-order valence-corrected chi connectivity index (χ2v) is 6.02. The molecule has 21 heavy (non-hydrogen) atoms. The fourth-order valence-electron chi connectivity index (χ4n) is 2.96. The molecule has 0 saturated carbocycles. The van der Waals surface area contributed by atoms with Gasteiger partial charge < -0.3 is 9.67 Å². The van der Waals surface area contributed by atoms with Crippen molar-refractivity contribution in [2.24, 2.45) is 7.05 Å². The van der Waals surface area contributed by atoms with Gasteiger partial charge in [-0.05, 0) is 18.4 Å². The largest absolute Gasteiger partial charge is 0.393 e. The highest BCUT2D eigenvalue weighted by Crippen LogP contribution is 2.32.